The van der Waals surface area contributed by atoms with Crippen molar-refractivity contribution in [3.05, 3.63) is 40.9 Å². The molecule has 0 fully saturated rings. The highest BCUT2D eigenvalue weighted by Crippen LogP contribution is 2.19. The topological polar surface area (TPSA) is 85.1 Å². The first kappa shape index (κ1) is 15.7. The zero-order chi connectivity index (χ0) is 16.4. The largest absolute Gasteiger partial charge is 0.323 e. The van der Waals surface area contributed by atoms with Crippen LogP contribution in [0.2, 0.25) is 5.15 Å². The second kappa shape index (κ2) is 6.51. The number of rotatable bonds is 4. The Morgan fingerprint density at radius 2 is 2.22 bits per heavy atom. The summed E-state index contributed by atoms with van der Waals surface area (Å²) < 4.78 is 1.66. The third-order valence-electron chi connectivity index (χ3n) is 2.96. The molecular formula is C14H13ClN6OS. The van der Waals surface area contributed by atoms with Crippen LogP contribution in [0.15, 0.2) is 29.6 Å². The Bertz CT molecular complexity index is 881. The summed E-state index contributed by atoms with van der Waals surface area (Å²) in [6, 6.07) is 5.32. The summed E-state index contributed by atoms with van der Waals surface area (Å²) in [7, 11) is 0. The molecule has 1 N–H and O–H groups in total. The van der Waals surface area contributed by atoms with Crippen molar-refractivity contribution in [2.24, 2.45) is 0 Å². The number of carbonyl (C=O) groups is 1. The van der Waals surface area contributed by atoms with Gasteiger partial charge in [0.2, 0.25) is 11.1 Å². The number of amides is 1. The molecule has 0 aliphatic rings. The van der Waals surface area contributed by atoms with Crippen LogP contribution in [0, 0.1) is 13.8 Å². The van der Waals surface area contributed by atoms with Gasteiger partial charge in [-0.25, -0.2) is 14.5 Å². The SMILES string of the molecule is Cc1cc(C)n2nc(SCC(=O)Nc3cccnc3Cl)nc2n1. The molecule has 0 spiro atoms. The Balaban J connectivity index is 1.67. The first-order valence-electron chi connectivity index (χ1n) is 6.77. The molecule has 3 aromatic rings. The molecule has 0 saturated heterocycles. The smallest absolute Gasteiger partial charge is 0.253 e. The van der Waals surface area contributed by atoms with Crippen molar-refractivity contribution >= 4 is 40.7 Å². The Morgan fingerprint density at radius 1 is 1.39 bits per heavy atom. The van der Waals surface area contributed by atoms with E-state index in [9.17, 15) is 4.79 Å². The van der Waals surface area contributed by atoms with E-state index >= 15 is 0 Å². The molecule has 9 heteroatoms. The van der Waals surface area contributed by atoms with Crippen molar-refractivity contribution in [2.45, 2.75) is 19.0 Å². The lowest BCUT2D eigenvalue weighted by Crippen LogP contribution is -2.14. The Hall–Kier alpha value is -2.19. The average Bonchev–Trinajstić information content (AvgIpc) is 2.91. The van der Waals surface area contributed by atoms with Crippen LogP contribution >= 0.6 is 23.4 Å². The summed E-state index contributed by atoms with van der Waals surface area (Å²) in [5.41, 5.74) is 2.30. The van der Waals surface area contributed by atoms with Gasteiger partial charge in [-0.3, -0.25) is 4.79 Å². The molecule has 0 aliphatic heterocycles. The molecule has 118 valence electrons. The van der Waals surface area contributed by atoms with Crippen LogP contribution < -0.4 is 5.32 Å². The molecule has 1 amide bonds. The number of pyridine rings is 1. The maximum absolute atomic E-state index is 12.0. The second-order valence-corrected chi connectivity index (χ2v) is 6.12. The summed E-state index contributed by atoms with van der Waals surface area (Å²) >= 11 is 7.14. The van der Waals surface area contributed by atoms with E-state index < -0.39 is 0 Å². The van der Waals surface area contributed by atoms with Gasteiger partial charge in [0.15, 0.2) is 5.15 Å². The van der Waals surface area contributed by atoms with Crippen molar-refractivity contribution in [3.63, 3.8) is 0 Å². The number of carbonyl (C=O) groups excluding carboxylic acids is 1. The quantitative estimate of drug-likeness (QED) is 0.576. The van der Waals surface area contributed by atoms with E-state index in [2.05, 4.69) is 25.4 Å². The highest BCUT2D eigenvalue weighted by Gasteiger charge is 2.11. The van der Waals surface area contributed by atoms with Crippen LogP contribution in [0.5, 0.6) is 0 Å². The van der Waals surface area contributed by atoms with Crippen molar-refractivity contribution in [2.75, 3.05) is 11.1 Å². The number of thioether (sulfide) groups is 1. The van der Waals surface area contributed by atoms with E-state index in [1.54, 1.807) is 22.8 Å². The summed E-state index contributed by atoms with van der Waals surface area (Å²) in [6.07, 6.45) is 1.56. The van der Waals surface area contributed by atoms with E-state index in [0.29, 0.717) is 16.6 Å². The number of aromatic nitrogens is 5. The minimum Gasteiger partial charge on any atom is -0.323 e. The fourth-order valence-corrected chi connectivity index (χ4v) is 2.79. The van der Waals surface area contributed by atoms with Gasteiger partial charge < -0.3 is 5.32 Å². The van der Waals surface area contributed by atoms with Crippen LogP contribution in [0.25, 0.3) is 5.78 Å². The Kier molecular flexibility index (Phi) is 4.44. The molecule has 3 heterocycles. The summed E-state index contributed by atoms with van der Waals surface area (Å²) in [4.78, 5) is 24.5. The number of anilines is 1. The molecule has 0 aliphatic carbocycles. The van der Waals surface area contributed by atoms with Crippen molar-refractivity contribution < 1.29 is 4.79 Å². The molecule has 0 unspecified atom stereocenters. The van der Waals surface area contributed by atoms with Crippen molar-refractivity contribution in [1.82, 2.24) is 24.6 Å². The standard InChI is InChI=1S/C14H13ClN6OS/c1-8-6-9(2)21-13(17-8)19-14(20-21)23-7-11(22)18-10-4-3-5-16-12(10)15/h3-6H,7H2,1-2H3,(H,18,22). The highest BCUT2D eigenvalue weighted by molar-refractivity contribution is 7.99. The van der Waals surface area contributed by atoms with Gasteiger partial charge >= 0.3 is 0 Å². The van der Waals surface area contributed by atoms with Crippen LogP contribution in [0.1, 0.15) is 11.4 Å². The molecule has 7 nitrogen and oxygen atoms in total. The second-order valence-electron chi connectivity index (χ2n) is 4.82. The Labute approximate surface area is 141 Å². The van der Waals surface area contributed by atoms with E-state index in [1.165, 1.54) is 11.8 Å². The lowest BCUT2D eigenvalue weighted by molar-refractivity contribution is -0.113. The number of hydrogen-bond donors (Lipinski definition) is 1. The predicted molar refractivity (Wildman–Crippen MR) is 88.9 cm³/mol. The number of hydrogen-bond acceptors (Lipinski definition) is 6. The molecule has 23 heavy (non-hydrogen) atoms. The van der Waals surface area contributed by atoms with Gasteiger partial charge in [-0.2, -0.15) is 4.98 Å². The number of halogens is 1. The zero-order valence-corrected chi connectivity index (χ0v) is 14.0. The normalized spacial score (nSPS) is 10.9. The van der Waals surface area contributed by atoms with Crippen molar-refractivity contribution in [3.8, 4) is 0 Å². The molecular weight excluding hydrogens is 336 g/mol. The molecule has 0 bridgehead atoms. The summed E-state index contributed by atoms with van der Waals surface area (Å²) in [5.74, 6) is 0.491. The lowest BCUT2D eigenvalue weighted by Gasteiger charge is -2.04. The fraction of sp³-hybridized carbons (Fsp3) is 0.214. The molecule has 0 radical (unpaired) electrons. The molecule has 0 atom stereocenters. The van der Waals surface area contributed by atoms with Gasteiger partial charge in [0, 0.05) is 17.6 Å². The number of fused-ring (bicyclic) bond motifs is 1. The van der Waals surface area contributed by atoms with E-state index in [-0.39, 0.29) is 16.8 Å². The van der Waals surface area contributed by atoms with Gasteiger partial charge in [0.05, 0.1) is 11.4 Å². The molecule has 0 saturated carbocycles. The van der Waals surface area contributed by atoms with Gasteiger partial charge in [0.1, 0.15) is 0 Å². The average molecular weight is 349 g/mol. The third kappa shape index (κ3) is 3.59. The lowest BCUT2D eigenvalue weighted by atomic mass is 10.4. The van der Waals surface area contributed by atoms with Gasteiger partial charge in [-0.05, 0) is 32.0 Å². The van der Waals surface area contributed by atoms with Gasteiger partial charge in [0.25, 0.3) is 5.78 Å². The van der Waals surface area contributed by atoms with Gasteiger partial charge in [-0.15, -0.1) is 5.10 Å². The summed E-state index contributed by atoms with van der Waals surface area (Å²) in [5, 5.41) is 7.80. The van der Waals surface area contributed by atoms with E-state index in [0.717, 1.165) is 11.4 Å². The first-order valence-corrected chi connectivity index (χ1v) is 8.13. The minimum atomic E-state index is -0.204. The number of nitrogens with one attached hydrogen (secondary N) is 1. The van der Waals surface area contributed by atoms with E-state index in [4.69, 9.17) is 11.6 Å². The Morgan fingerprint density at radius 3 is 3.00 bits per heavy atom. The van der Waals surface area contributed by atoms with Crippen LogP contribution in [-0.4, -0.2) is 36.2 Å². The monoisotopic (exact) mass is 348 g/mol. The van der Waals surface area contributed by atoms with Gasteiger partial charge in [-0.1, -0.05) is 23.4 Å². The van der Waals surface area contributed by atoms with Crippen LogP contribution in [-0.2, 0) is 4.79 Å². The zero-order valence-electron chi connectivity index (χ0n) is 12.4. The van der Waals surface area contributed by atoms with Crippen LogP contribution in [0.3, 0.4) is 0 Å². The highest BCUT2D eigenvalue weighted by atomic mass is 35.5. The molecule has 3 aromatic heterocycles. The van der Waals surface area contributed by atoms with Crippen molar-refractivity contribution in [1.29, 1.82) is 0 Å². The maximum Gasteiger partial charge on any atom is 0.253 e. The van der Waals surface area contributed by atoms with Crippen LogP contribution in [0.4, 0.5) is 5.69 Å². The first-order chi connectivity index (χ1) is 11.0. The minimum absolute atomic E-state index is 0.167. The fourth-order valence-electron chi connectivity index (χ4n) is 2.00. The maximum atomic E-state index is 12.0. The number of aryl methyl sites for hydroxylation is 2. The predicted octanol–water partition coefficient (Wildman–Crippen LogP) is 2.52. The number of nitrogens with zero attached hydrogens (tertiary/aromatic N) is 5. The molecule has 3 rings (SSSR count). The molecule has 0 aromatic carbocycles. The third-order valence-corrected chi connectivity index (χ3v) is 4.10. The van der Waals surface area contributed by atoms with E-state index in [1.807, 2.05) is 19.9 Å². The summed E-state index contributed by atoms with van der Waals surface area (Å²) in [6.45, 7) is 3.83.